The number of carbonyl (C=O) groups is 1. The first-order valence-electron chi connectivity index (χ1n) is 8.15. The quantitative estimate of drug-likeness (QED) is 0.793. The van der Waals surface area contributed by atoms with E-state index >= 15 is 0 Å². The molecule has 0 aromatic carbocycles. The highest BCUT2D eigenvalue weighted by atomic mass is 19.1. The van der Waals surface area contributed by atoms with Gasteiger partial charge in [0.2, 0.25) is 0 Å². The van der Waals surface area contributed by atoms with Gasteiger partial charge in [0.15, 0.2) is 11.3 Å². The van der Waals surface area contributed by atoms with Crippen molar-refractivity contribution in [2.45, 2.75) is 25.8 Å². The van der Waals surface area contributed by atoms with Gasteiger partial charge in [0.1, 0.15) is 11.6 Å². The van der Waals surface area contributed by atoms with Crippen LogP contribution < -0.4 is 10.2 Å². The molecule has 1 amide bonds. The summed E-state index contributed by atoms with van der Waals surface area (Å²) >= 11 is 0. The molecule has 0 bridgehead atoms. The van der Waals surface area contributed by atoms with Gasteiger partial charge in [-0.2, -0.15) is 0 Å². The van der Waals surface area contributed by atoms with Gasteiger partial charge in [-0.3, -0.25) is 9.78 Å². The number of carbonyl (C=O) groups excluding carboxylic acids is 1. The molecule has 3 aromatic rings. The SMILES string of the molecule is C[C@H]1CCCN1c1ccc2ncc(C(=O)Nc3cncc(F)c3)n2n1. The Hall–Kier alpha value is -3.03. The van der Waals surface area contributed by atoms with Gasteiger partial charge < -0.3 is 10.2 Å². The minimum Gasteiger partial charge on any atom is -0.352 e. The largest absolute Gasteiger partial charge is 0.352 e. The molecule has 0 saturated carbocycles. The number of nitrogens with zero attached hydrogens (tertiary/aromatic N) is 5. The average molecular weight is 340 g/mol. The van der Waals surface area contributed by atoms with Gasteiger partial charge in [-0.15, -0.1) is 5.10 Å². The summed E-state index contributed by atoms with van der Waals surface area (Å²) in [6.45, 7) is 3.11. The van der Waals surface area contributed by atoms with Crippen LogP contribution in [-0.4, -0.2) is 38.1 Å². The Kier molecular flexibility index (Phi) is 3.79. The van der Waals surface area contributed by atoms with Crippen LogP contribution in [0, 0.1) is 5.82 Å². The summed E-state index contributed by atoms with van der Waals surface area (Å²) < 4.78 is 14.7. The van der Waals surface area contributed by atoms with Gasteiger partial charge in [-0.05, 0) is 31.9 Å². The molecule has 7 nitrogen and oxygen atoms in total. The minimum atomic E-state index is -0.514. The predicted octanol–water partition coefficient (Wildman–Crippen LogP) is 2.50. The molecule has 3 aromatic heterocycles. The van der Waals surface area contributed by atoms with E-state index < -0.39 is 11.7 Å². The van der Waals surface area contributed by atoms with E-state index in [2.05, 4.69) is 32.2 Å². The Morgan fingerprint density at radius 1 is 1.32 bits per heavy atom. The van der Waals surface area contributed by atoms with Crippen LogP contribution in [0.5, 0.6) is 0 Å². The van der Waals surface area contributed by atoms with Crippen molar-refractivity contribution in [2.24, 2.45) is 0 Å². The number of amides is 1. The summed E-state index contributed by atoms with van der Waals surface area (Å²) in [5.41, 5.74) is 1.15. The van der Waals surface area contributed by atoms with Crippen molar-refractivity contribution in [1.29, 1.82) is 0 Å². The maximum absolute atomic E-state index is 13.2. The molecule has 0 aliphatic carbocycles. The molecule has 25 heavy (non-hydrogen) atoms. The molecule has 128 valence electrons. The summed E-state index contributed by atoms with van der Waals surface area (Å²) in [6.07, 6.45) is 6.18. The van der Waals surface area contributed by atoms with Crippen LogP contribution >= 0.6 is 0 Å². The van der Waals surface area contributed by atoms with E-state index in [1.165, 1.54) is 23.0 Å². The molecule has 0 unspecified atom stereocenters. The smallest absolute Gasteiger partial charge is 0.276 e. The molecule has 4 rings (SSSR count). The predicted molar refractivity (Wildman–Crippen MR) is 91.2 cm³/mol. The molecule has 1 saturated heterocycles. The average Bonchev–Trinajstić information content (AvgIpc) is 3.20. The van der Waals surface area contributed by atoms with Crippen LogP contribution in [0.3, 0.4) is 0 Å². The van der Waals surface area contributed by atoms with E-state index in [1.54, 1.807) is 0 Å². The summed E-state index contributed by atoms with van der Waals surface area (Å²) in [7, 11) is 0. The number of anilines is 2. The van der Waals surface area contributed by atoms with Crippen molar-refractivity contribution in [1.82, 2.24) is 19.6 Å². The monoisotopic (exact) mass is 340 g/mol. The number of aromatic nitrogens is 4. The molecule has 1 aliphatic heterocycles. The standard InChI is InChI=1S/C17H17FN6O/c1-11-3-2-6-23(11)16-5-4-15-20-10-14(24(15)22-16)17(25)21-13-7-12(18)8-19-9-13/h4-5,7-11H,2-3,6H2,1H3,(H,21,25)/t11-/m0/s1. The van der Waals surface area contributed by atoms with Crippen LogP contribution in [0.2, 0.25) is 0 Å². The molecular weight excluding hydrogens is 323 g/mol. The van der Waals surface area contributed by atoms with Gasteiger partial charge in [-0.25, -0.2) is 13.9 Å². The third-order valence-electron chi connectivity index (χ3n) is 4.39. The Labute approximate surface area is 143 Å². The molecule has 1 fully saturated rings. The Morgan fingerprint density at radius 2 is 2.20 bits per heavy atom. The fourth-order valence-corrected chi connectivity index (χ4v) is 3.12. The Bertz CT molecular complexity index is 940. The lowest BCUT2D eigenvalue weighted by Crippen LogP contribution is -2.28. The van der Waals surface area contributed by atoms with Gasteiger partial charge in [0, 0.05) is 18.7 Å². The highest BCUT2D eigenvalue weighted by Gasteiger charge is 2.23. The molecule has 0 radical (unpaired) electrons. The number of imidazole rings is 1. The topological polar surface area (TPSA) is 75.4 Å². The van der Waals surface area contributed by atoms with Crippen molar-refractivity contribution in [3.8, 4) is 0 Å². The third kappa shape index (κ3) is 2.90. The van der Waals surface area contributed by atoms with E-state index in [0.29, 0.717) is 11.7 Å². The highest BCUT2D eigenvalue weighted by Crippen LogP contribution is 2.23. The van der Waals surface area contributed by atoms with Crippen molar-refractivity contribution < 1.29 is 9.18 Å². The lowest BCUT2D eigenvalue weighted by Gasteiger charge is -2.22. The van der Waals surface area contributed by atoms with Gasteiger partial charge in [0.05, 0.1) is 24.3 Å². The lowest BCUT2D eigenvalue weighted by molar-refractivity contribution is 0.102. The maximum Gasteiger partial charge on any atom is 0.276 e. The van der Waals surface area contributed by atoms with Crippen molar-refractivity contribution in [3.05, 3.63) is 48.3 Å². The second kappa shape index (κ2) is 6.12. The Balaban J connectivity index is 1.66. The molecule has 1 aliphatic rings. The second-order valence-corrected chi connectivity index (χ2v) is 6.14. The van der Waals surface area contributed by atoms with Gasteiger partial charge in [0.25, 0.3) is 5.91 Å². The Morgan fingerprint density at radius 3 is 2.96 bits per heavy atom. The normalized spacial score (nSPS) is 17.2. The third-order valence-corrected chi connectivity index (χ3v) is 4.39. The molecule has 4 heterocycles. The van der Waals surface area contributed by atoms with Crippen LogP contribution in [0.4, 0.5) is 15.9 Å². The van der Waals surface area contributed by atoms with E-state index in [4.69, 9.17) is 0 Å². The molecule has 1 N–H and O–H groups in total. The molecule has 1 atom stereocenters. The zero-order chi connectivity index (χ0) is 17.4. The van der Waals surface area contributed by atoms with Crippen LogP contribution in [0.1, 0.15) is 30.3 Å². The zero-order valence-electron chi connectivity index (χ0n) is 13.7. The first-order valence-corrected chi connectivity index (χ1v) is 8.15. The summed E-state index contributed by atoms with van der Waals surface area (Å²) in [5, 5.41) is 7.20. The number of hydrogen-bond donors (Lipinski definition) is 1. The maximum atomic E-state index is 13.2. The van der Waals surface area contributed by atoms with Gasteiger partial charge in [-0.1, -0.05) is 0 Å². The van der Waals surface area contributed by atoms with Gasteiger partial charge >= 0.3 is 0 Å². The van der Waals surface area contributed by atoms with Crippen molar-refractivity contribution in [3.63, 3.8) is 0 Å². The molecular formula is C17H17FN6O. The lowest BCUT2D eigenvalue weighted by atomic mass is 10.2. The number of hydrogen-bond acceptors (Lipinski definition) is 5. The summed E-state index contributed by atoms with van der Waals surface area (Å²) in [5.74, 6) is -0.115. The van der Waals surface area contributed by atoms with Crippen LogP contribution in [-0.2, 0) is 0 Å². The minimum absolute atomic E-state index is 0.282. The molecule has 0 spiro atoms. The van der Waals surface area contributed by atoms with E-state index in [9.17, 15) is 9.18 Å². The summed E-state index contributed by atoms with van der Waals surface area (Å²) in [4.78, 5) is 22.7. The number of fused-ring (bicyclic) bond motifs is 1. The number of pyridine rings is 1. The van der Waals surface area contributed by atoms with E-state index in [-0.39, 0.29) is 11.4 Å². The van der Waals surface area contributed by atoms with E-state index in [1.807, 2.05) is 12.1 Å². The first-order chi connectivity index (χ1) is 12.1. The zero-order valence-corrected chi connectivity index (χ0v) is 13.7. The number of rotatable bonds is 3. The molecule has 8 heteroatoms. The van der Waals surface area contributed by atoms with Crippen LogP contribution in [0.15, 0.2) is 36.8 Å². The number of halogens is 1. The second-order valence-electron chi connectivity index (χ2n) is 6.14. The summed E-state index contributed by atoms with van der Waals surface area (Å²) in [6, 6.07) is 5.39. The fraction of sp³-hybridized carbons (Fsp3) is 0.294. The van der Waals surface area contributed by atoms with Crippen LogP contribution in [0.25, 0.3) is 5.65 Å². The fourth-order valence-electron chi connectivity index (χ4n) is 3.12. The van der Waals surface area contributed by atoms with Crippen molar-refractivity contribution >= 4 is 23.1 Å². The highest BCUT2D eigenvalue weighted by molar-refractivity contribution is 6.03. The van der Waals surface area contributed by atoms with Crippen molar-refractivity contribution in [2.75, 3.05) is 16.8 Å². The number of nitrogens with one attached hydrogen (secondary N) is 1. The van der Waals surface area contributed by atoms with E-state index in [0.717, 1.165) is 31.4 Å². The first kappa shape index (κ1) is 15.5.